The Hall–Kier alpha value is -1.97. The van der Waals surface area contributed by atoms with Crippen LogP contribution in [-0.4, -0.2) is 75.4 Å². The lowest BCUT2D eigenvalue weighted by Gasteiger charge is -2.32. The topological polar surface area (TPSA) is 96.0 Å². The number of rotatable bonds is 4. The Bertz CT molecular complexity index is 808. The quantitative estimate of drug-likeness (QED) is 0.799. The standard InChI is InChI=1S/C16H21N3O5S/c1-11-10-18(6-5-17-11)15(20)12-3-4-13-14(9-12)25(22,23)19(16(13)21)7-8-24-2/h3-4,9,11,17H,5-8,10H2,1-2H3. The molecule has 1 aromatic carbocycles. The lowest BCUT2D eigenvalue weighted by molar-refractivity contribution is 0.0708. The molecule has 0 bridgehead atoms. The first-order valence-corrected chi connectivity index (χ1v) is 9.53. The largest absolute Gasteiger partial charge is 0.383 e. The van der Waals surface area contributed by atoms with Crippen LogP contribution in [0.1, 0.15) is 27.6 Å². The molecule has 2 aliphatic rings. The predicted octanol–water partition coefficient (Wildman–Crippen LogP) is -0.0886. The molecule has 2 amide bonds. The lowest BCUT2D eigenvalue weighted by atomic mass is 10.1. The molecule has 1 atom stereocenters. The first kappa shape index (κ1) is 17.8. The van der Waals surface area contributed by atoms with Crippen LogP contribution in [0.15, 0.2) is 23.1 Å². The van der Waals surface area contributed by atoms with Crippen LogP contribution in [0.4, 0.5) is 0 Å². The zero-order valence-electron chi connectivity index (χ0n) is 14.2. The molecule has 0 spiro atoms. The van der Waals surface area contributed by atoms with Gasteiger partial charge in [0.05, 0.1) is 18.7 Å². The number of ether oxygens (including phenoxy) is 1. The minimum atomic E-state index is -3.94. The van der Waals surface area contributed by atoms with E-state index >= 15 is 0 Å². The summed E-state index contributed by atoms with van der Waals surface area (Å²) >= 11 is 0. The molecule has 1 fully saturated rings. The number of piperazine rings is 1. The van der Waals surface area contributed by atoms with Crippen molar-refractivity contribution in [1.29, 1.82) is 0 Å². The number of nitrogens with zero attached hydrogens (tertiary/aromatic N) is 2. The van der Waals surface area contributed by atoms with Gasteiger partial charge in [0.15, 0.2) is 0 Å². The van der Waals surface area contributed by atoms with Crippen LogP contribution < -0.4 is 5.32 Å². The van der Waals surface area contributed by atoms with E-state index < -0.39 is 15.9 Å². The first-order valence-electron chi connectivity index (χ1n) is 8.09. The molecule has 3 rings (SSSR count). The van der Waals surface area contributed by atoms with Gasteiger partial charge in [-0.05, 0) is 25.1 Å². The molecule has 8 nitrogen and oxygen atoms in total. The monoisotopic (exact) mass is 367 g/mol. The molecule has 0 saturated carbocycles. The number of carbonyl (C=O) groups excluding carboxylic acids is 2. The van der Waals surface area contributed by atoms with Gasteiger partial charge >= 0.3 is 0 Å². The Morgan fingerprint density at radius 2 is 2.16 bits per heavy atom. The molecule has 0 aromatic heterocycles. The van der Waals surface area contributed by atoms with E-state index in [1.165, 1.54) is 25.3 Å². The van der Waals surface area contributed by atoms with Gasteiger partial charge in [0.2, 0.25) is 0 Å². The molecule has 2 aliphatic heterocycles. The van der Waals surface area contributed by atoms with Gasteiger partial charge in [0.25, 0.3) is 21.8 Å². The number of benzene rings is 1. The molecule has 9 heteroatoms. The number of nitrogens with one attached hydrogen (secondary N) is 1. The zero-order valence-corrected chi connectivity index (χ0v) is 15.0. The molecule has 136 valence electrons. The summed E-state index contributed by atoms with van der Waals surface area (Å²) in [5, 5.41) is 3.25. The van der Waals surface area contributed by atoms with Gasteiger partial charge in [0, 0.05) is 38.3 Å². The molecule has 1 N–H and O–H groups in total. The summed E-state index contributed by atoms with van der Waals surface area (Å²) in [6.07, 6.45) is 0. The van der Waals surface area contributed by atoms with Crippen molar-refractivity contribution in [2.45, 2.75) is 17.9 Å². The van der Waals surface area contributed by atoms with Crippen LogP contribution in [0.2, 0.25) is 0 Å². The molecular weight excluding hydrogens is 346 g/mol. The predicted molar refractivity (Wildman–Crippen MR) is 89.9 cm³/mol. The van der Waals surface area contributed by atoms with E-state index in [2.05, 4.69) is 5.32 Å². The molecule has 1 saturated heterocycles. The smallest absolute Gasteiger partial charge is 0.269 e. The average molecular weight is 367 g/mol. The fraction of sp³-hybridized carbons (Fsp3) is 0.500. The summed E-state index contributed by atoms with van der Waals surface area (Å²) in [5.41, 5.74) is 0.374. The Kier molecular flexibility index (Phi) is 4.81. The third-order valence-electron chi connectivity index (χ3n) is 4.41. The van der Waals surface area contributed by atoms with Gasteiger partial charge in [-0.2, -0.15) is 0 Å². The van der Waals surface area contributed by atoms with Crippen molar-refractivity contribution in [3.05, 3.63) is 29.3 Å². The van der Waals surface area contributed by atoms with Crippen LogP contribution in [0, 0.1) is 0 Å². The SMILES string of the molecule is COCCN1C(=O)c2ccc(C(=O)N3CCNC(C)C3)cc2S1(=O)=O. The number of sulfonamides is 1. The summed E-state index contributed by atoms with van der Waals surface area (Å²) in [7, 11) is -2.51. The number of amides is 2. The highest BCUT2D eigenvalue weighted by molar-refractivity contribution is 7.90. The van der Waals surface area contributed by atoms with Gasteiger partial charge in [-0.1, -0.05) is 0 Å². The van der Waals surface area contributed by atoms with Crippen molar-refractivity contribution in [1.82, 2.24) is 14.5 Å². The second-order valence-electron chi connectivity index (χ2n) is 6.19. The van der Waals surface area contributed by atoms with Crippen LogP contribution in [0.3, 0.4) is 0 Å². The summed E-state index contributed by atoms with van der Waals surface area (Å²) in [5.74, 6) is -0.809. The second kappa shape index (κ2) is 6.74. The third-order valence-corrected chi connectivity index (χ3v) is 6.23. The van der Waals surface area contributed by atoms with Crippen molar-refractivity contribution >= 4 is 21.8 Å². The number of fused-ring (bicyclic) bond motifs is 1. The summed E-state index contributed by atoms with van der Waals surface area (Å²) in [6.45, 7) is 3.86. The van der Waals surface area contributed by atoms with E-state index in [0.29, 0.717) is 19.6 Å². The van der Waals surface area contributed by atoms with Crippen molar-refractivity contribution in [3.8, 4) is 0 Å². The van der Waals surface area contributed by atoms with Crippen molar-refractivity contribution in [3.63, 3.8) is 0 Å². The Balaban J connectivity index is 1.91. The van der Waals surface area contributed by atoms with Crippen LogP contribution >= 0.6 is 0 Å². The van der Waals surface area contributed by atoms with Crippen LogP contribution in [0.25, 0.3) is 0 Å². The number of carbonyl (C=O) groups is 2. The average Bonchev–Trinajstić information content (AvgIpc) is 2.78. The van der Waals surface area contributed by atoms with Crippen LogP contribution in [0.5, 0.6) is 0 Å². The van der Waals surface area contributed by atoms with E-state index in [1.54, 1.807) is 4.90 Å². The maximum Gasteiger partial charge on any atom is 0.269 e. The van der Waals surface area contributed by atoms with Gasteiger partial charge in [-0.25, -0.2) is 12.7 Å². The minimum absolute atomic E-state index is 0.0507. The Morgan fingerprint density at radius 3 is 2.84 bits per heavy atom. The third kappa shape index (κ3) is 3.14. The maximum absolute atomic E-state index is 12.7. The molecule has 1 unspecified atom stereocenters. The first-order chi connectivity index (χ1) is 11.9. The van der Waals surface area contributed by atoms with Crippen molar-refractivity contribution in [2.24, 2.45) is 0 Å². The molecule has 25 heavy (non-hydrogen) atoms. The fourth-order valence-corrected chi connectivity index (χ4v) is 4.68. The summed E-state index contributed by atoms with van der Waals surface area (Å²) < 4.78 is 30.9. The fourth-order valence-electron chi connectivity index (χ4n) is 3.10. The van der Waals surface area contributed by atoms with E-state index in [4.69, 9.17) is 4.74 Å². The van der Waals surface area contributed by atoms with Crippen LogP contribution in [-0.2, 0) is 14.8 Å². The lowest BCUT2D eigenvalue weighted by Crippen LogP contribution is -2.51. The van der Waals surface area contributed by atoms with Crippen molar-refractivity contribution in [2.75, 3.05) is 39.9 Å². The number of methoxy groups -OCH3 is 1. The molecular formula is C16H21N3O5S. The molecule has 1 aromatic rings. The van der Waals surface area contributed by atoms with E-state index in [0.717, 1.165) is 4.31 Å². The highest BCUT2D eigenvalue weighted by Crippen LogP contribution is 2.31. The van der Waals surface area contributed by atoms with Gasteiger partial charge in [-0.15, -0.1) is 0 Å². The maximum atomic E-state index is 12.7. The van der Waals surface area contributed by atoms with E-state index in [9.17, 15) is 18.0 Å². The highest BCUT2D eigenvalue weighted by Gasteiger charge is 2.41. The van der Waals surface area contributed by atoms with Gasteiger partial charge in [0.1, 0.15) is 4.90 Å². The second-order valence-corrected chi connectivity index (χ2v) is 8.02. The molecule has 0 radical (unpaired) electrons. The Labute approximate surface area is 146 Å². The van der Waals surface area contributed by atoms with E-state index in [1.807, 2.05) is 6.92 Å². The van der Waals surface area contributed by atoms with Gasteiger partial charge < -0.3 is 15.0 Å². The summed E-state index contributed by atoms with van der Waals surface area (Å²) in [6, 6.07) is 4.42. The van der Waals surface area contributed by atoms with Crippen molar-refractivity contribution < 1.29 is 22.7 Å². The zero-order chi connectivity index (χ0) is 18.2. The minimum Gasteiger partial charge on any atom is -0.383 e. The highest BCUT2D eigenvalue weighted by atomic mass is 32.2. The van der Waals surface area contributed by atoms with E-state index in [-0.39, 0.29) is 41.1 Å². The summed E-state index contributed by atoms with van der Waals surface area (Å²) in [4.78, 5) is 26.6. The number of hydrogen-bond donors (Lipinski definition) is 1. The van der Waals surface area contributed by atoms with Gasteiger partial charge in [-0.3, -0.25) is 9.59 Å². The molecule has 2 heterocycles. The number of hydrogen-bond acceptors (Lipinski definition) is 6. The molecule has 0 aliphatic carbocycles. The normalized spacial score (nSPS) is 22.2. The Morgan fingerprint density at radius 1 is 1.40 bits per heavy atom.